The molecule has 1 saturated heterocycles. The summed E-state index contributed by atoms with van der Waals surface area (Å²) in [5.41, 5.74) is 1.20. The highest BCUT2D eigenvalue weighted by molar-refractivity contribution is 5.94. The summed E-state index contributed by atoms with van der Waals surface area (Å²) < 4.78 is 20.4. The van der Waals surface area contributed by atoms with Gasteiger partial charge in [0, 0.05) is 19.2 Å². The molecule has 8 nitrogen and oxygen atoms in total. The van der Waals surface area contributed by atoms with Gasteiger partial charge in [-0.2, -0.15) is 0 Å². The summed E-state index contributed by atoms with van der Waals surface area (Å²) in [6, 6.07) is 6.61. The van der Waals surface area contributed by atoms with E-state index in [0.717, 1.165) is 0 Å². The van der Waals surface area contributed by atoms with E-state index in [1.165, 1.54) is 32.8 Å². The van der Waals surface area contributed by atoms with Gasteiger partial charge in [0.05, 0.1) is 32.0 Å². The van der Waals surface area contributed by atoms with Crippen molar-refractivity contribution in [2.24, 2.45) is 5.92 Å². The zero-order valence-electron chi connectivity index (χ0n) is 16.8. The minimum Gasteiger partial charge on any atom is -0.493 e. The minimum absolute atomic E-state index is 0.104. The van der Waals surface area contributed by atoms with Crippen molar-refractivity contribution in [3.8, 4) is 11.5 Å². The number of likely N-dealkylation sites (tertiary alicyclic amines) is 1. The van der Waals surface area contributed by atoms with Crippen molar-refractivity contribution < 1.29 is 33.0 Å². The second-order valence-corrected chi connectivity index (χ2v) is 6.77. The summed E-state index contributed by atoms with van der Waals surface area (Å²) in [4.78, 5) is 37.9. The van der Waals surface area contributed by atoms with Crippen LogP contribution in [0.4, 0.5) is 0 Å². The lowest BCUT2D eigenvalue weighted by Crippen LogP contribution is -2.41. The molecule has 3 rings (SSSR count). The van der Waals surface area contributed by atoms with Crippen molar-refractivity contribution in [1.29, 1.82) is 0 Å². The van der Waals surface area contributed by atoms with Crippen LogP contribution in [0.3, 0.4) is 0 Å². The van der Waals surface area contributed by atoms with Gasteiger partial charge < -0.3 is 23.5 Å². The third-order valence-electron chi connectivity index (χ3n) is 4.89. The zero-order chi connectivity index (χ0) is 21.5. The molecule has 0 N–H and O–H groups in total. The molecule has 0 atom stereocenters. The number of piperidine rings is 1. The van der Waals surface area contributed by atoms with Crippen LogP contribution in [0, 0.1) is 5.92 Å². The van der Waals surface area contributed by atoms with Crippen LogP contribution >= 0.6 is 0 Å². The number of hydrogen-bond acceptors (Lipinski definition) is 7. The first-order chi connectivity index (χ1) is 14.5. The summed E-state index contributed by atoms with van der Waals surface area (Å²) in [5, 5.41) is 0. The van der Waals surface area contributed by atoms with E-state index < -0.39 is 5.97 Å². The first kappa shape index (κ1) is 21.2. The molecule has 8 heteroatoms. The fraction of sp³-hybridized carbons (Fsp3) is 0.318. The van der Waals surface area contributed by atoms with Crippen molar-refractivity contribution >= 4 is 23.9 Å². The van der Waals surface area contributed by atoms with E-state index in [1.54, 1.807) is 35.2 Å². The second-order valence-electron chi connectivity index (χ2n) is 6.77. The molecule has 1 aromatic heterocycles. The van der Waals surface area contributed by atoms with Crippen molar-refractivity contribution in [1.82, 2.24) is 4.90 Å². The fourth-order valence-corrected chi connectivity index (χ4v) is 3.18. The molecular formula is C22H23NO7. The molecule has 0 bridgehead atoms. The quantitative estimate of drug-likeness (QED) is 0.408. The molecule has 158 valence electrons. The Hall–Kier alpha value is -3.55. The number of ether oxygens (including phenoxy) is 3. The third-order valence-corrected chi connectivity index (χ3v) is 4.89. The van der Waals surface area contributed by atoms with Gasteiger partial charge >= 0.3 is 11.9 Å². The predicted octanol–water partition coefficient (Wildman–Crippen LogP) is 2.93. The van der Waals surface area contributed by atoms with Crippen LogP contribution in [0.25, 0.3) is 6.08 Å². The van der Waals surface area contributed by atoms with Crippen LogP contribution < -0.4 is 9.47 Å². The number of amides is 1. The molecule has 1 aliphatic heterocycles. The zero-order valence-corrected chi connectivity index (χ0v) is 16.8. The number of benzene rings is 1. The minimum atomic E-state index is -0.470. The molecule has 1 aromatic carbocycles. The number of methoxy groups -OCH3 is 2. The van der Waals surface area contributed by atoms with Gasteiger partial charge in [0.2, 0.25) is 0 Å². The van der Waals surface area contributed by atoms with Crippen LogP contribution in [0.15, 0.2) is 47.3 Å². The summed E-state index contributed by atoms with van der Waals surface area (Å²) in [6.07, 6.45) is 6.78. The Labute approximate surface area is 174 Å². The average molecular weight is 413 g/mol. The van der Waals surface area contributed by atoms with Crippen molar-refractivity contribution in [3.05, 3.63) is 54.0 Å². The van der Waals surface area contributed by atoms with Gasteiger partial charge in [-0.1, -0.05) is 6.07 Å². The van der Waals surface area contributed by atoms with E-state index in [0.29, 0.717) is 48.6 Å². The molecule has 1 aliphatic rings. The number of rotatable bonds is 6. The maximum absolute atomic E-state index is 12.6. The van der Waals surface area contributed by atoms with E-state index in [4.69, 9.17) is 13.9 Å². The van der Waals surface area contributed by atoms with Crippen LogP contribution in [0.2, 0.25) is 0 Å². The predicted molar refractivity (Wildman–Crippen MR) is 107 cm³/mol. The molecule has 1 amide bonds. The van der Waals surface area contributed by atoms with Crippen LogP contribution in [0.5, 0.6) is 11.5 Å². The van der Waals surface area contributed by atoms with Gasteiger partial charge in [-0.05, 0) is 42.7 Å². The number of nitrogens with zero attached hydrogens (tertiary/aromatic N) is 1. The molecular weight excluding hydrogens is 390 g/mol. The molecule has 0 spiro atoms. The van der Waals surface area contributed by atoms with E-state index in [-0.39, 0.29) is 17.8 Å². The first-order valence-electron chi connectivity index (χ1n) is 9.49. The van der Waals surface area contributed by atoms with Gasteiger partial charge in [0.1, 0.15) is 6.26 Å². The Kier molecular flexibility index (Phi) is 6.90. The molecule has 0 saturated carbocycles. The van der Waals surface area contributed by atoms with Gasteiger partial charge in [-0.3, -0.25) is 9.59 Å². The summed E-state index contributed by atoms with van der Waals surface area (Å²) in [6.45, 7) is 0.941. The average Bonchev–Trinajstić information content (AvgIpc) is 3.32. The molecule has 0 unspecified atom stereocenters. The second kappa shape index (κ2) is 9.78. The first-order valence-corrected chi connectivity index (χ1v) is 9.49. The Balaban J connectivity index is 1.59. The maximum atomic E-state index is 12.6. The highest BCUT2D eigenvalue weighted by Crippen LogP contribution is 2.30. The molecule has 0 aliphatic carbocycles. The largest absolute Gasteiger partial charge is 0.493 e. The standard InChI is InChI=1S/C22H23NO7/c1-27-19-13-15(4-6-20(24)28-2)3-5-18(19)30-22(26)16-7-10-23(11-8-16)21(25)17-9-12-29-14-17/h3-6,9,12-14,16H,7-8,10-11H2,1-2H3/b6-4+. The molecule has 30 heavy (non-hydrogen) atoms. The van der Waals surface area contributed by atoms with Gasteiger partial charge in [-0.15, -0.1) is 0 Å². The SMILES string of the molecule is COC(=O)/C=C/c1ccc(OC(=O)C2CCN(C(=O)c3ccoc3)CC2)c(OC)c1. The van der Waals surface area contributed by atoms with Gasteiger partial charge in [0.25, 0.3) is 5.91 Å². The van der Waals surface area contributed by atoms with E-state index in [9.17, 15) is 14.4 Å². The van der Waals surface area contributed by atoms with Crippen LogP contribution in [-0.4, -0.2) is 50.1 Å². The Morgan fingerprint density at radius 2 is 1.87 bits per heavy atom. The topological polar surface area (TPSA) is 95.3 Å². The lowest BCUT2D eigenvalue weighted by atomic mass is 9.96. The Morgan fingerprint density at radius 3 is 2.50 bits per heavy atom. The van der Waals surface area contributed by atoms with Crippen molar-refractivity contribution in [3.63, 3.8) is 0 Å². The number of esters is 2. The Morgan fingerprint density at radius 1 is 1.10 bits per heavy atom. The highest BCUT2D eigenvalue weighted by atomic mass is 16.6. The van der Waals surface area contributed by atoms with E-state index in [2.05, 4.69) is 4.74 Å². The molecule has 2 heterocycles. The summed E-state index contributed by atoms with van der Waals surface area (Å²) in [5.74, 6) is -0.559. The lowest BCUT2D eigenvalue weighted by molar-refractivity contribution is -0.140. The Bertz CT molecular complexity index is 925. The number of furan rings is 1. The highest BCUT2D eigenvalue weighted by Gasteiger charge is 2.30. The van der Waals surface area contributed by atoms with E-state index in [1.807, 2.05) is 0 Å². The maximum Gasteiger partial charge on any atom is 0.330 e. The fourth-order valence-electron chi connectivity index (χ4n) is 3.18. The molecule has 1 fully saturated rings. The molecule has 2 aromatic rings. The van der Waals surface area contributed by atoms with Crippen molar-refractivity contribution in [2.45, 2.75) is 12.8 Å². The number of carbonyl (C=O) groups is 3. The monoisotopic (exact) mass is 413 g/mol. The van der Waals surface area contributed by atoms with Crippen molar-refractivity contribution in [2.75, 3.05) is 27.3 Å². The van der Waals surface area contributed by atoms with Crippen LogP contribution in [-0.2, 0) is 14.3 Å². The molecule has 0 radical (unpaired) electrons. The third kappa shape index (κ3) is 5.08. The van der Waals surface area contributed by atoms with Gasteiger partial charge in [-0.25, -0.2) is 4.79 Å². The van der Waals surface area contributed by atoms with Gasteiger partial charge in [0.15, 0.2) is 11.5 Å². The van der Waals surface area contributed by atoms with E-state index >= 15 is 0 Å². The number of carbonyl (C=O) groups excluding carboxylic acids is 3. The summed E-state index contributed by atoms with van der Waals surface area (Å²) in [7, 11) is 2.77. The smallest absolute Gasteiger partial charge is 0.330 e. The normalized spacial score (nSPS) is 14.5. The number of hydrogen-bond donors (Lipinski definition) is 0. The van der Waals surface area contributed by atoms with Crippen LogP contribution in [0.1, 0.15) is 28.8 Å². The lowest BCUT2D eigenvalue weighted by Gasteiger charge is -2.30. The summed E-state index contributed by atoms with van der Waals surface area (Å²) >= 11 is 0.